The highest BCUT2D eigenvalue weighted by molar-refractivity contribution is 5.61. The van der Waals surface area contributed by atoms with Crippen molar-refractivity contribution in [3.05, 3.63) is 53.2 Å². The molecule has 0 amide bonds. The molecule has 1 heterocycles. The van der Waals surface area contributed by atoms with E-state index >= 15 is 0 Å². The second-order valence-electron chi connectivity index (χ2n) is 4.09. The molecule has 0 saturated carbocycles. The first kappa shape index (κ1) is 10.8. The quantitative estimate of drug-likeness (QED) is 0.832. The fourth-order valence-corrected chi connectivity index (χ4v) is 1.74. The summed E-state index contributed by atoms with van der Waals surface area (Å²) in [6.07, 6.45) is 1.86. The van der Waals surface area contributed by atoms with Crippen molar-refractivity contribution in [3.8, 4) is 11.3 Å². The van der Waals surface area contributed by atoms with E-state index in [1.54, 1.807) is 0 Å². The first-order valence-corrected chi connectivity index (χ1v) is 5.33. The first-order chi connectivity index (χ1) is 7.69. The molecule has 2 rings (SSSR count). The van der Waals surface area contributed by atoms with Crippen LogP contribution in [-0.2, 0) is 6.61 Å². The monoisotopic (exact) mass is 213 g/mol. The van der Waals surface area contributed by atoms with Crippen molar-refractivity contribution in [2.45, 2.75) is 20.5 Å². The molecule has 0 aliphatic heterocycles. The van der Waals surface area contributed by atoms with Gasteiger partial charge in [0.2, 0.25) is 0 Å². The van der Waals surface area contributed by atoms with E-state index in [0.29, 0.717) is 0 Å². The third-order valence-corrected chi connectivity index (χ3v) is 2.53. The zero-order chi connectivity index (χ0) is 11.5. The van der Waals surface area contributed by atoms with Gasteiger partial charge in [0, 0.05) is 11.8 Å². The zero-order valence-corrected chi connectivity index (χ0v) is 9.57. The Morgan fingerprint density at radius 3 is 2.50 bits per heavy atom. The number of benzene rings is 1. The Balaban J connectivity index is 2.47. The van der Waals surface area contributed by atoms with Gasteiger partial charge in [-0.2, -0.15) is 0 Å². The Kier molecular flexibility index (Phi) is 3.02. The van der Waals surface area contributed by atoms with E-state index in [9.17, 15) is 0 Å². The molecule has 2 nitrogen and oxygen atoms in total. The highest BCUT2D eigenvalue weighted by atomic mass is 16.3. The summed E-state index contributed by atoms with van der Waals surface area (Å²) in [5.41, 5.74) is 5.23. The van der Waals surface area contributed by atoms with E-state index in [1.807, 2.05) is 44.3 Å². The molecule has 16 heavy (non-hydrogen) atoms. The maximum atomic E-state index is 9.16. The summed E-state index contributed by atoms with van der Waals surface area (Å²) in [5, 5.41) is 9.16. The molecule has 1 aromatic heterocycles. The van der Waals surface area contributed by atoms with Crippen LogP contribution in [0, 0.1) is 13.8 Å². The number of aliphatic hydroxyl groups excluding tert-OH is 1. The number of hydrogen-bond acceptors (Lipinski definition) is 2. The lowest BCUT2D eigenvalue weighted by Crippen LogP contribution is -1.89. The number of hydrogen-bond donors (Lipinski definition) is 1. The Hall–Kier alpha value is -1.67. The summed E-state index contributed by atoms with van der Waals surface area (Å²) >= 11 is 0. The highest BCUT2D eigenvalue weighted by Crippen LogP contribution is 2.20. The number of nitrogens with zero attached hydrogens (tertiary/aromatic N) is 1. The second-order valence-corrected chi connectivity index (χ2v) is 4.09. The maximum Gasteiger partial charge on any atom is 0.0702 e. The standard InChI is InChI=1S/C14H15NO/c1-10-3-4-14(15-8-10)13-6-11(2)5-12(7-13)9-16/h3-8,16H,9H2,1-2H3. The molecule has 0 bridgehead atoms. The minimum atomic E-state index is 0.0700. The third-order valence-electron chi connectivity index (χ3n) is 2.53. The van der Waals surface area contributed by atoms with Crippen molar-refractivity contribution in [3.63, 3.8) is 0 Å². The lowest BCUT2D eigenvalue weighted by molar-refractivity contribution is 0.282. The summed E-state index contributed by atoms with van der Waals surface area (Å²) in [4.78, 5) is 4.38. The van der Waals surface area contributed by atoms with E-state index in [2.05, 4.69) is 11.1 Å². The van der Waals surface area contributed by atoms with Gasteiger partial charge >= 0.3 is 0 Å². The zero-order valence-electron chi connectivity index (χ0n) is 9.57. The lowest BCUT2D eigenvalue weighted by atomic mass is 10.0. The molecule has 2 heteroatoms. The molecule has 0 unspecified atom stereocenters. The van der Waals surface area contributed by atoms with Crippen LogP contribution in [0.5, 0.6) is 0 Å². The SMILES string of the molecule is Cc1ccc(-c2cc(C)cc(CO)c2)nc1. The van der Waals surface area contributed by atoms with E-state index in [-0.39, 0.29) is 6.61 Å². The van der Waals surface area contributed by atoms with Gasteiger partial charge in [0.1, 0.15) is 0 Å². The minimum absolute atomic E-state index is 0.0700. The van der Waals surface area contributed by atoms with Gasteiger partial charge in [-0.05, 0) is 43.2 Å². The Bertz CT molecular complexity index is 489. The van der Waals surface area contributed by atoms with Gasteiger partial charge in [-0.3, -0.25) is 4.98 Å². The predicted molar refractivity (Wildman–Crippen MR) is 65.1 cm³/mol. The number of rotatable bonds is 2. The van der Waals surface area contributed by atoms with E-state index in [0.717, 1.165) is 27.9 Å². The molecule has 0 fully saturated rings. The number of aryl methyl sites for hydroxylation is 2. The van der Waals surface area contributed by atoms with Crippen LogP contribution in [0.4, 0.5) is 0 Å². The third kappa shape index (κ3) is 2.28. The largest absolute Gasteiger partial charge is 0.392 e. The van der Waals surface area contributed by atoms with Crippen LogP contribution in [0.1, 0.15) is 16.7 Å². The van der Waals surface area contributed by atoms with Crippen molar-refractivity contribution >= 4 is 0 Å². The van der Waals surface area contributed by atoms with Crippen LogP contribution in [0.25, 0.3) is 11.3 Å². The van der Waals surface area contributed by atoms with Crippen molar-refractivity contribution in [1.29, 1.82) is 0 Å². The molecule has 2 aromatic rings. The molecule has 0 spiro atoms. The van der Waals surface area contributed by atoms with Crippen molar-refractivity contribution in [2.75, 3.05) is 0 Å². The van der Waals surface area contributed by atoms with Crippen molar-refractivity contribution < 1.29 is 5.11 Å². The van der Waals surface area contributed by atoms with Gasteiger partial charge in [0.15, 0.2) is 0 Å². The number of pyridine rings is 1. The van der Waals surface area contributed by atoms with Crippen molar-refractivity contribution in [2.24, 2.45) is 0 Å². The summed E-state index contributed by atoms with van der Waals surface area (Å²) in [6, 6.07) is 10.1. The van der Waals surface area contributed by atoms with Gasteiger partial charge < -0.3 is 5.11 Å². The second kappa shape index (κ2) is 4.45. The summed E-state index contributed by atoms with van der Waals surface area (Å²) in [5.74, 6) is 0. The molecule has 1 N–H and O–H groups in total. The van der Waals surface area contributed by atoms with Crippen LogP contribution < -0.4 is 0 Å². The van der Waals surface area contributed by atoms with Crippen molar-refractivity contribution in [1.82, 2.24) is 4.98 Å². The Morgan fingerprint density at radius 2 is 1.88 bits per heavy atom. The van der Waals surface area contributed by atoms with Gasteiger partial charge in [0.05, 0.1) is 12.3 Å². The Labute approximate surface area is 95.6 Å². The summed E-state index contributed by atoms with van der Waals surface area (Å²) in [6.45, 7) is 4.11. The fourth-order valence-electron chi connectivity index (χ4n) is 1.74. The molecule has 0 atom stereocenters. The molecule has 0 saturated heterocycles. The fraction of sp³-hybridized carbons (Fsp3) is 0.214. The smallest absolute Gasteiger partial charge is 0.0702 e. The summed E-state index contributed by atoms with van der Waals surface area (Å²) in [7, 11) is 0. The van der Waals surface area contributed by atoms with Gasteiger partial charge in [-0.25, -0.2) is 0 Å². The molecule has 0 aliphatic carbocycles. The Morgan fingerprint density at radius 1 is 1.06 bits per heavy atom. The lowest BCUT2D eigenvalue weighted by Gasteiger charge is -2.05. The maximum absolute atomic E-state index is 9.16. The molecule has 0 aliphatic rings. The number of aliphatic hydroxyl groups is 1. The molecular formula is C14H15NO. The van der Waals surface area contributed by atoms with Crippen LogP contribution in [0.15, 0.2) is 36.5 Å². The topological polar surface area (TPSA) is 33.1 Å². The van der Waals surface area contributed by atoms with E-state index in [4.69, 9.17) is 5.11 Å². The summed E-state index contributed by atoms with van der Waals surface area (Å²) < 4.78 is 0. The van der Waals surface area contributed by atoms with Gasteiger partial charge in [0.25, 0.3) is 0 Å². The molecular weight excluding hydrogens is 198 g/mol. The van der Waals surface area contributed by atoms with Crippen LogP contribution in [-0.4, -0.2) is 10.1 Å². The highest BCUT2D eigenvalue weighted by Gasteiger charge is 2.02. The molecule has 1 aromatic carbocycles. The normalized spacial score (nSPS) is 10.4. The molecule has 0 radical (unpaired) electrons. The predicted octanol–water partition coefficient (Wildman–Crippen LogP) is 2.86. The molecule has 82 valence electrons. The van der Waals surface area contributed by atoms with Crippen LogP contribution in [0.3, 0.4) is 0 Å². The van der Waals surface area contributed by atoms with E-state index < -0.39 is 0 Å². The first-order valence-electron chi connectivity index (χ1n) is 5.33. The van der Waals surface area contributed by atoms with E-state index in [1.165, 1.54) is 0 Å². The average molecular weight is 213 g/mol. The minimum Gasteiger partial charge on any atom is -0.392 e. The average Bonchev–Trinajstić information content (AvgIpc) is 2.29. The van der Waals surface area contributed by atoms with Crippen LogP contribution >= 0.6 is 0 Å². The van der Waals surface area contributed by atoms with Gasteiger partial charge in [-0.1, -0.05) is 17.7 Å². The van der Waals surface area contributed by atoms with Gasteiger partial charge in [-0.15, -0.1) is 0 Å². The van der Waals surface area contributed by atoms with Crippen LogP contribution in [0.2, 0.25) is 0 Å². The number of aromatic nitrogens is 1.